The summed E-state index contributed by atoms with van der Waals surface area (Å²) in [5, 5.41) is 15.3. The van der Waals surface area contributed by atoms with Gasteiger partial charge in [0.25, 0.3) is 5.91 Å². The fourth-order valence-electron chi connectivity index (χ4n) is 0.967. The molecule has 0 unspecified atom stereocenters. The Kier molecular flexibility index (Phi) is 3.97. The molecule has 1 atom stereocenters. The number of hydrogen-bond donors (Lipinski definition) is 2. The lowest BCUT2D eigenvalue weighted by atomic mass is 10.2. The van der Waals surface area contributed by atoms with Crippen LogP contribution in [0.2, 0.25) is 0 Å². The molecule has 0 fully saturated rings. The summed E-state index contributed by atoms with van der Waals surface area (Å²) in [6.45, 7) is 3.59. The second-order valence-corrected chi connectivity index (χ2v) is 3.70. The van der Waals surface area contributed by atoms with Crippen molar-refractivity contribution in [1.82, 2.24) is 14.9 Å². The van der Waals surface area contributed by atoms with E-state index in [4.69, 9.17) is 5.11 Å². The minimum atomic E-state index is -0.210. The first kappa shape index (κ1) is 11.1. The summed E-state index contributed by atoms with van der Waals surface area (Å²) in [4.78, 5) is 12.1. The van der Waals surface area contributed by atoms with Gasteiger partial charge in [-0.25, -0.2) is 0 Å². The van der Waals surface area contributed by atoms with E-state index >= 15 is 0 Å². The molecule has 0 bridgehead atoms. The van der Waals surface area contributed by atoms with Crippen LogP contribution in [0.15, 0.2) is 0 Å². The van der Waals surface area contributed by atoms with Gasteiger partial charge in [0.2, 0.25) is 0 Å². The van der Waals surface area contributed by atoms with Crippen molar-refractivity contribution in [1.29, 1.82) is 0 Å². The van der Waals surface area contributed by atoms with Gasteiger partial charge in [-0.05, 0) is 24.9 Å². The van der Waals surface area contributed by atoms with Gasteiger partial charge in [-0.1, -0.05) is 11.4 Å². The Labute approximate surface area is 86.3 Å². The Balaban J connectivity index is 2.63. The maximum absolute atomic E-state index is 11.6. The van der Waals surface area contributed by atoms with Gasteiger partial charge in [0.1, 0.15) is 4.88 Å². The number of aliphatic hydroxyl groups excluding tert-OH is 1. The maximum Gasteiger partial charge on any atom is 0.265 e. The van der Waals surface area contributed by atoms with Crippen molar-refractivity contribution >= 4 is 17.4 Å². The van der Waals surface area contributed by atoms with Crippen molar-refractivity contribution in [2.24, 2.45) is 0 Å². The zero-order valence-electron chi connectivity index (χ0n) is 8.15. The number of nitrogens with zero attached hydrogens (tertiary/aromatic N) is 2. The fourth-order valence-corrected chi connectivity index (χ4v) is 1.53. The largest absolute Gasteiger partial charge is 0.394 e. The molecule has 78 valence electrons. The van der Waals surface area contributed by atoms with Crippen LogP contribution < -0.4 is 5.32 Å². The predicted molar refractivity (Wildman–Crippen MR) is 53.3 cm³/mol. The molecule has 6 heteroatoms. The van der Waals surface area contributed by atoms with Crippen molar-refractivity contribution in [3.63, 3.8) is 0 Å². The summed E-state index contributed by atoms with van der Waals surface area (Å²) in [5.74, 6) is -0.210. The lowest BCUT2D eigenvalue weighted by molar-refractivity contribution is 0.0918. The minimum absolute atomic E-state index is 0.0481. The Morgan fingerprint density at radius 3 is 2.86 bits per heavy atom. The van der Waals surface area contributed by atoms with E-state index in [1.165, 1.54) is 0 Å². The highest BCUT2D eigenvalue weighted by molar-refractivity contribution is 7.07. The zero-order chi connectivity index (χ0) is 10.6. The summed E-state index contributed by atoms with van der Waals surface area (Å²) in [7, 11) is 0. The van der Waals surface area contributed by atoms with Crippen LogP contribution in [0.4, 0.5) is 0 Å². The van der Waals surface area contributed by atoms with Crippen molar-refractivity contribution in [2.75, 3.05) is 6.61 Å². The molecular weight excluding hydrogens is 202 g/mol. The number of rotatable bonds is 4. The third-order valence-corrected chi connectivity index (χ3v) is 2.73. The quantitative estimate of drug-likeness (QED) is 0.759. The van der Waals surface area contributed by atoms with E-state index in [-0.39, 0.29) is 18.6 Å². The first-order valence-corrected chi connectivity index (χ1v) is 5.17. The Bertz CT molecular complexity index is 309. The predicted octanol–water partition coefficient (Wildman–Crippen LogP) is 0.347. The second-order valence-electron chi connectivity index (χ2n) is 2.95. The standard InChI is InChI=1S/C8H13N3O2S/c1-3-6(4-12)9-8(13)7-5(2)10-11-14-7/h6,12H,3-4H2,1-2H3,(H,9,13)/t6-/m0/s1. The lowest BCUT2D eigenvalue weighted by Gasteiger charge is -2.12. The molecule has 1 aromatic rings. The number of aromatic nitrogens is 2. The highest BCUT2D eigenvalue weighted by Gasteiger charge is 2.15. The van der Waals surface area contributed by atoms with Gasteiger partial charge in [-0.2, -0.15) is 0 Å². The van der Waals surface area contributed by atoms with E-state index in [9.17, 15) is 4.79 Å². The molecule has 0 saturated carbocycles. The Morgan fingerprint density at radius 1 is 1.71 bits per heavy atom. The second kappa shape index (κ2) is 5.02. The van der Waals surface area contributed by atoms with Crippen molar-refractivity contribution in [3.8, 4) is 0 Å². The summed E-state index contributed by atoms with van der Waals surface area (Å²) in [6.07, 6.45) is 0.702. The van der Waals surface area contributed by atoms with Gasteiger partial charge in [0.05, 0.1) is 18.3 Å². The molecule has 1 heterocycles. The topological polar surface area (TPSA) is 75.1 Å². The molecule has 0 aliphatic carbocycles. The molecule has 5 nitrogen and oxygen atoms in total. The van der Waals surface area contributed by atoms with Crippen LogP contribution in [-0.2, 0) is 0 Å². The highest BCUT2D eigenvalue weighted by Crippen LogP contribution is 2.08. The number of hydrogen-bond acceptors (Lipinski definition) is 5. The molecule has 2 N–H and O–H groups in total. The fraction of sp³-hybridized carbons (Fsp3) is 0.625. The Morgan fingerprint density at radius 2 is 2.43 bits per heavy atom. The highest BCUT2D eigenvalue weighted by atomic mass is 32.1. The number of carbonyl (C=O) groups is 1. The molecule has 1 aromatic heterocycles. The molecule has 0 saturated heterocycles. The first-order chi connectivity index (χ1) is 6.69. The van der Waals surface area contributed by atoms with Crippen LogP contribution in [0, 0.1) is 6.92 Å². The van der Waals surface area contributed by atoms with E-state index in [1.807, 2.05) is 6.92 Å². The van der Waals surface area contributed by atoms with Crippen molar-refractivity contribution < 1.29 is 9.90 Å². The molecule has 1 amide bonds. The van der Waals surface area contributed by atoms with Crippen LogP contribution in [-0.4, -0.2) is 33.2 Å². The van der Waals surface area contributed by atoms with E-state index in [1.54, 1.807) is 6.92 Å². The van der Waals surface area contributed by atoms with Crippen LogP contribution in [0.5, 0.6) is 0 Å². The van der Waals surface area contributed by atoms with Gasteiger partial charge in [-0.15, -0.1) is 5.10 Å². The summed E-state index contributed by atoms with van der Waals surface area (Å²) in [6, 6.07) is -0.191. The molecule has 0 aromatic carbocycles. The van der Waals surface area contributed by atoms with Gasteiger partial charge >= 0.3 is 0 Å². The van der Waals surface area contributed by atoms with Crippen LogP contribution >= 0.6 is 11.5 Å². The summed E-state index contributed by atoms with van der Waals surface area (Å²) >= 11 is 1.07. The molecule has 1 rings (SSSR count). The molecule has 0 radical (unpaired) electrons. The third-order valence-electron chi connectivity index (χ3n) is 1.91. The van der Waals surface area contributed by atoms with Crippen LogP contribution in [0.25, 0.3) is 0 Å². The number of aryl methyl sites for hydroxylation is 1. The molecule has 14 heavy (non-hydrogen) atoms. The van der Waals surface area contributed by atoms with Gasteiger partial charge in [-0.3, -0.25) is 4.79 Å². The number of nitrogens with one attached hydrogen (secondary N) is 1. The lowest BCUT2D eigenvalue weighted by Crippen LogP contribution is -2.36. The average molecular weight is 215 g/mol. The van der Waals surface area contributed by atoms with Crippen LogP contribution in [0.3, 0.4) is 0 Å². The van der Waals surface area contributed by atoms with Gasteiger partial charge < -0.3 is 10.4 Å². The number of aliphatic hydroxyl groups is 1. The van der Waals surface area contributed by atoms with Gasteiger partial charge in [0.15, 0.2) is 0 Å². The molecule has 0 aliphatic heterocycles. The monoisotopic (exact) mass is 215 g/mol. The normalized spacial score (nSPS) is 12.5. The van der Waals surface area contributed by atoms with Crippen LogP contribution in [0.1, 0.15) is 28.7 Å². The van der Waals surface area contributed by atoms with Crippen molar-refractivity contribution in [2.45, 2.75) is 26.3 Å². The SMILES string of the molecule is CC[C@@H](CO)NC(=O)c1snnc1C. The zero-order valence-corrected chi connectivity index (χ0v) is 8.97. The summed E-state index contributed by atoms with van der Waals surface area (Å²) in [5.41, 5.74) is 0.625. The smallest absolute Gasteiger partial charge is 0.265 e. The Hall–Kier alpha value is -1.01. The maximum atomic E-state index is 11.6. The first-order valence-electron chi connectivity index (χ1n) is 4.39. The molecular formula is C8H13N3O2S. The summed E-state index contributed by atoms with van der Waals surface area (Å²) < 4.78 is 3.67. The van der Waals surface area contributed by atoms with E-state index in [0.717, 1.165) is 11.5 Å². The molecule has 0 spiro atoms. The van der Waals surface area contributed by atoms with E-state index < -0.39 is 0 Å². The van der Waals surface area contributed by atoms with Crippen molar-refractivity contribution in [3.05, 3.63) is 10.6 Å². The van der Waals surface area contributed by atoms with E-state index in [2.05, 4.69) is 14.9 Å². The van der Waals surface area contributed by atoms with E-state index in [0.29, 0.717) is 17.0 Å². The number of amides is 1. The number of carbonyl (C=O) groups excluding carboxylic acids is 1. The third kappa shape index (κ3) is 2.49. The average Bonchev–Trinajstić information content (AvgIpc) is 2.60. The minimum Gasteiger partial charge on any atom is -0.394 e. The van der Waals surface area contributed by atoms with Gasteiger partial charge in [0, 0.05) is 0 Å². The molecule has 0 aliphatic rings.